The third-order valence-electron chi connectivity index (χ3n) is 2.25. The fourth-order valence-electron chi connectivity index (χ4n) is 1.42. The normalized spacial score (nSPS) is 12.9. The molecule has 2 N–H and O–H groups in total. The Balaban J connectivity index is 2.84. The standard InChI is InChI=1S/C10H18N2O4S2/c1-5-16-10(3,4)6-11-18(14,15)8-7(2)12-9(13)17-8/h11H,5-6H2,1-4H3,(H,12,13). The molecule has 0 aliphatic rings. The lowest BCUT2D eigenvalue weighted by Gasteiger charge is -2.24. The van der Waals surface area contributed by atoms with Gasteiger partial charge < -0.3 is 9.72 Å². The third kappa shape index (κ3) is 3.91. The van der Waals surface area contributed by atoms with E-state index in [0.717, 1.165) is 0 Å². The van der Waals surface area contributed by atoms with Crippen LogP contribution in [0.15, 0.2) is 9.00 Å². The Morgan fingerprint density at radius 2 is 2.06 bits per heavy atom. The zero-order chi connectivity index (χ0) is 14.0. The van der Waals surface area contributed by atoms with E-state index in [1.54, 1.807) is 20.8 Å². The number of sulfonamides is 1. The zero-order valence-electron chi connectivity index (χ0n) is 10.9. The molecule has 8 heteroatoms. The molecule has 104 valence electrons. The van der Waals surface area contributed by atoms with Crippen LogP contribution in [-0.2, 0) is 14.8 Å². The Kier molecular flexibility index (Phi) is 4.71. The smallest absolute Gasteiger partial charge is 0.305 e. The summed E-state index contributed by atoms with van der Waals surface area (Å²) < 4.78 is 31.9. The van der Waals surface area contributed by atoms with Crippen LogP contribution in [0.25, 0.3) is 0 Å². The second-order valence-electron chi connectivity index (χ2n) is 4.44. The molecule has 0 unspecified atom stereocenters. The summed E-state index contributed by atoms with van der Waals surface area (Å²) in [7, 11) is -3.66. The van der Waals surface area contributed by atoms with Crippen molar-refractivity contribution in [1.29, 1.82) is 0 Å². The summed E-state index contributed by atoms with van der Waals surface area (Å²) in [5, 5.41) is 0. The summed E-state index contributed by atoms with van der Waals surface area (Å²) in [6.07, 6.45) is 0. The Morgan fingerprint density at radius 3 is 2.50 bits per heavy atom. The number of nitrogens with one attached hydrogen (secondary N) is 2. The number of hydrogen-bond donors (Lipinski definition) is 2. The minimum absolute atomic E-state index is 0.0276. The maximum atomic E-state index is 12.0. The van der Waals surface area contributed by atoms with Gasteiger partial charge in [-0.25, -0.2) is 13.1 Å². The van der Waals surface area contributed by atoms with Crippen molar-refractivity contribution in [3.05, 3.63) is 15.4 Å². The van der Waals surface area contributed by atoms with Crippen molar-refractivity contribution in [2.45, 2.75) is 37.5 Å². The van der Waals surface area contributed by atoms with Gasteiger partial charge in [0.2, 0.25) is 0 Å². The van der Waals surface area contributed by atoms with E-state index in [0.29, 0.717) is 23.6 Å². The van der Waals surface area contributed by atoms with Crippen LogP contribution in [0.3, 0.4) is 0 Å². The number of aromatic nitrogens is 1. The van der Waals surface area contributed by atoms with E-state index in [-0.39, 0.29) is 15.6 Å². The minimum Gasteiger partial charge on any atom is -0.375 e. The van der Waals surface area contributed by atoms with Crippen molar-refractivity contribution in [3.63, 3.8) is 0 Å². The summed E-state index contributed by atoms with van der Waals surface area (Å²) in [6.45, 7) is 7.65. The lowest BCUT2D eigenvalue weighted by Crippen LogP contribution is -2.40. The molecule has 0 saturated heterocycles. The second-order valence-corrected chi connectivity index (χ2v) is 7.39. The molecule has 1 aromatic rings. The van der Waals surface area contributed by atoms with Crippen LogP contribution in [-0.4, -0.2) is 32.2 Å². The van der Waals surface area contributed by atoms with Gasteiger partial charge in [0.15, 0.2) is 4.21 Å². The lowest BCUT2D eigenvalue weighted by atomic mass is 10.1. The number of ether oxygens (including phenoxy) is 1. The molecular weight excluding hydrogens is 276 g/mol. The number of hydrogen-bond acceptors (Lipinski definition) is 5. The SMILES string of the molecule is CCOC(C)(C)CNS(=O)(=O)c1sc(=O)[nH]c1C. The van der Waals surface area contributed by atoms with Gasteiger partial charge in [-0.15, -0.1) is 0 Å². The van der Waals surface area contributed by atoms with E-state index in [9.17, 15) is 13.2 Å². The fraction of sp³-hybridized carbons (Fsp3) is 0.700. The highest BCUT2D eigenvalue weighted by atomic mass is 32.2. The Labute approximate surface area is 110 Å². The van der Waals surface area contributed by atoms with Crippen molar-refractivity contribution in [1.82, 2.24) is 9.71 Å². The Bertz CT molecular complexity index is 557. The van der Waals surface area contributed by atoms with Gasteiger partial charge in [0.1, 0.15) is 0 Å². The molecule has 0 fully saturated rings. The van der Waals surface area contributed by atoms with Crippen molar-refractivity contribution in [3.8, 4) is 0 Å². The first kappa shape index (κ1) is 15.4. The van der Waals surface area contributed by atoms with Gasteiger partial charge >= 0.3 is 4.87 Å². The first-order valence-electron chi connectivity index (χ1n) is 5.51. The highest BCUT2D eigenvalue weighted by Crippen LogP contribution is 2.16. The number of thiazole rings is 1. The largest absolute Gasteiger partial charge is 0.375 e. The summed E-state index contributed by atoms with van der Waals surface area (Å²) in [6, 6.07) is 0. The molecule has 0 amide bonds. The number of H-pyrrole nitrogens is 1. The zero-order valence-corrected chi connectivity index (χ0v) is 12.5. The van der Waals surface area contributed by atoms with Crippen molar-refractivity contribution in [2.24, 2.45) is 0 Å². The molecule has 0 radical (unpaired) electrons. The Morgan fingerprint density at radius 1 is 1.44 bits per heavy atom. The molecule has 1 heterocycles. The van der Waals surface area contributed by atoms with Crippen LogP contribution in [0.5, 0.6) is 0 Å². The molecule has 0 aliphatic carbocycles. The number of rotatable bonds is 6. The summed E-state index contributed by atoms with van der Waals surface area (Å²) in [5.41, 5.74) is -0.233. The molecule has 18 heavy (non-hydrogen) atoms. The molecule has 0 bridgehead atoms. The topological polar surface area (TPSA) is 88.3 Å². The van der Waals surface area contributed by atoms with Gasteiger partial charge in [-0.05, 0) is 27.7 Å². The van der Waals surface area contributed by atoms with E-state index in [2.05, 4.69) is 9.71 Å². The predicted molar refractivity (Wildman–Crippen MR) is 70.6 cm³/mol. The molecule has 0 saturated carbocycles. The average Bonchev–Trinajstić information content (AvgIpc) is 2.56. The summed E-state index contributed by atoms with van der Waals surface area (Å²) >= 11 is 0.683. The number of aryl methyl sites for hydroxylation is 1. The van der Waals surface area contributed by atoms with E-state index in [1.807, 2.05) is 6.92 Å². The van der Waals surface area contributed by atoms with Gasteiger partial charge in [0, 0.05) is 18.8 Å². The van der Waals surface area contributed by atoms with Crippen molar-refractivity contribution >= 4 is 21.4 Å². The molecule has 0 aliphatic heterocycles. The van der Waals surface area contributed by atoms with Crippen LogP contribution in [0.1, 0.15) is 26.5 Å². The van der Waals surface area contributed by atoms with E-state index in [1.165, 1.54) is 0 Å². The monoisotopic (exact) mass is 294 g/mol. The fourth-order valence-corrected chi connectivity index (χ4v) is 3.97. The summed E-state index contributed by atoms with van der Waals surface area (Å²) in [4.78, 5) is 13.2. The van der Waals surface area contributed by atoms with Crippen molar-refractivity contribution in [2.75, 3.05) is 13.2 Å². The highest BCUT2D eigenvalue weighted by molar-refractivity contribution is 7.91. The molecule has 6 nitrogen and oxygen atoms in total. The van der Waals surface area contributed by atoms with Gasteiger partial charge in [0.25, 0.3) is 10.0 Å². The molecule has 1 rings (SSSR count). The maximum Gasteiger partial charge on any atom is 0.305 e. The molecular formula is C10H18N2O4S2. The van der Waals surface area contributed by atoms with Crippen LogP contribution < -0.4 is 9.60 Å². The highest BCUT2D eigenvalue weighted by Gasteiger charge is 2.25. The summed E-state index contributed by atoms with van der Waals surface area (Å²) in [5.74, 6) is 0. The number of aromatic amines is 1. The molecule has 0 aromatic carbocycles. The molecule has 0 spiro atoms. The van der Waals surface area contributed by atoms with Crippen LogP contribution in [0, 0.1) is 6.92 Å². The quantitative estimate of drug-likeness (QED) is 0.813. The Hall–Kier alpha value is -0.700. The van der Waals surface area contributed by atoms with Crippen LogP contribution in [0.2, 0.25) is 0 Å². The third-order valence-corrected chi connectivity index (χ3v) is 5.25. The van der Waals surface area contributed by atoms with Crippen LogP contribution >= 0.6 is 11.3 Å². The second kappa shape index (κ2) is 5.52. The van der Waals surface area contributed by atoms with Gasteiger partial charge in [-0.2, -0.15) is 0 Å². The maximum absolute atomic E-state index is 12.0. The van der Waals surface area contributed by atoms with Crippen LogP contribution in [0.4, 0.5) is 0 Å². The molecule has 0 atom stereocenters. The lowest BCUT2D eigenvalue weighted by molar-refractivity contribution is -0.00514. The predicted octanol–water partition coefficient (Wildman–Crippen LogP) is 0.838. The van der Waals surface area contributed by atoms with Crippen molar-refractivity contribution < 1.29 is 13.2 Å². The van der Waals surface area contributed by atoms with Gasteiger partial charge in [0.05, 0.1) is 5.60 Å². The first-order chi connectivity index (χ1) is 8.18. The van der Waals surface area contributed by atoms with Gasteiger partial charge in [-0.1, -0.05) is 11.3 Å². The van der Waals surface area contributed by atoms with E-state index in [4.69, 9.17) is 4.74 Å². The van der Waals surface area contributed by atoms with E-state index >= 15 is 0 Å². The first-order valence-corrected chi connectivity index (χ1v) is 7.81. The molecule has 1 aromatic heterocycles. The minimum atomic E-state index is -3.66. The van der Waals surface area contributed by atoms with Gasteiger partial charge in [-0.3, -0.25) is 4.79 Å². The van der Waals surface area contributed by atoms with E-state index < -0.39 is 15.6 Å². The average molecular weight is 294 g/mol.